The molecule has 1 aliphatic rings. The number of rotatable bonds is 0. The Labute approximate surface area is 61.5 Å². The van der Waals surface area contributed by atoms with Crippen molar-refractivity contribution in [2.75, 3.05) is 0 Å². The summed E-state index contributed by atoms with van der Waals surface area (Å²) in [6, 6.07) is 1.94. The van der Waals surface area contributed by atoms with Crippen LogP contribution in [0.25, 0.3) is 6.08 Å². The van der Waals surface area contributed by atoms with Gasteiger partial charge in [-0.1, -0.05) is 0 Å². The molecule has 1 aromatic heterocycles. The van der Waals surface area contributed by atoms with E-state index in [0.717, 1.165) is 10.5 Å². The molecule has 3 heteroatoms. The first-order valence-corrected chi connectivity index (χ1v) is 4.23. The molecule has 0 bridgehead atoms. The molecule has 2 rings (SSSR count). The van der Waals surface area contributed by atoms with E-state index >= 15 is 0 Å². The molecular formula is C7H6N2S. The van der Waals surface area contributed by atoms with Crippen LogP contribution in [0.4, 0.5) is 0 Å². The predicted molar refractivity (Wildman–Crippen MR) is 41.6 cm³/mol. The van der Waals surface area contributed by atoms with Gasteiger partial charge >= 0.3 is 0 Å². The lowest BCUT2D eigenvalue weighted by Gasteiger charge is -1.94. The Kier molecular flexibility index (Phi) is 1.17. The van der Waals surface area contributed by atoms with Crippen molar-refractivity contribution in [3.8, 4) is 0 Å². The highest BCUT2D eigenvalue weighted by Crippen LogP contribution is 2.21. The second-order valence-corrected chi connectivity index (χ2v) is 3.44. The molecule has 1 aliphatic heterocycles. The van der Waals surface area contributed by atoms with Crippen molar-refractivity contribution in [3.05, 3.63) is 29.4 Å². The minimum absolute atomic E-state index is 0.441. The second-order valence-electron chi connectivity index (χ2n) is 2.05. The molecule has 0 amide bonds. The standard InChI is InChI=1S/C7H6N2S/c8-10-4-2-6-1-3-9-5-7(6)10/h1-5,8H. The van der Waals surface area contributed by atoms with E-state index in [1.807, 2.05) is 17.6 Å². The smallest absolute Gasteiger partial charge is 0.0479 e. The predicted octanol–water partition coefficient (Wildman–Crippen LogP) is 1.81. The molecule has 50 valence electrons. The highest BCUT2D eigenvalue weighted by molar-refractivity contribution is 7.89. The number of pyridine rings is 1. The highest BCUT2D eigenvalue weighted by atomic mass is 32.2. The number of hydrogen-bond donors (Lipinski definition) is 1. The van der Waals surface area contributed by atoms with Crippen LogP contribution in [-0.2, 0) is 10.7 Å². The monoisotopic (exact) mass is 150 g/mol. The Hall–Kier alpha value is -0.960. The molecule has 1 atom stereocenters. The fourth-order valence-corrected chi connectivity index (χ4v) is 1.92. The Morgan fingerprint density at radius 3 is 3.20 bits per heavy atom. The summed E-state index contributed by atoms with van der Waals surface area (Å²) in [7, 11) is -0.441. The van der Waals surface area contributed by atoms with Crippen molar-refractivity contribution in [1.29, 1.82) is 4.78 Å². The molecule has 1 aromatic rings. The van der Waals surface area contributed by atoms with E-state index in [2.05, 4.69) is 4.98 Å². The first-order valence-electron chi connectivity index (χ1n) is 2.94. The Bertz CT molecular complexity index is 317. The van der Waals surface area contributed by atoms with Crippen molar-refractivity contribution in [1.82, 2.24) is 4.98 Å². The van der Waals surface area contributed by atoms with Crippen LogP contribution in [0.15, 0.2) is 28.8 Å². The van der Waals surface area contributed by atoms with Gasteiger partial charge in [-0.05, 0) is 33.8 Å². The number of nitrogens with zero attached hydrogens (tertiary/aromatic N) is 1. The number of aromatic nitrogens is 1. The first kappa shape index (κ1) is 5.80. The first-order chi connectivity index (χ1) is 4.88. The van der Waals surface area contributed by atoms with Crippen molar-refractivity contribution < 1.29 is 0 Å². The maximum Gasteiger partial charge on any atom is 0.0479 e. The number of fused-ring (bicyclic) bond motifs is 1. The van der Waals surface area contributed by atoms with E-state index in [0.29, 0.717) is 0 Å². The molecule has 0 aliphatic carbocycles. The highest BCUT2D eigenvalue weighted by Gasteiger charge is 2.06. The van der Waals surface area contributed by atoms with E-state index in [4.69, 9.17) is 4.78 Å². The summed E-state index contributed by atoms with van der Waals surface area (Å²) in [4.78, 5) is 5.00. The maximum absolute atomic E-state index is 7.51. The third-order valence-electron chi connectivity index (χ3n) is 1.44. The van der Waals surface area contributed by atoms with Crippen LogP contribution in [0, 0.1) is 4.78 Å². The van der Waals surface area contributed by atoms with Crippen molar-refractivity contribution in [2.45, 2.75) is 4.90 Å². The molecular weight excluding hydrogens is 144 g/mol. The van der Waals surface area contributed by atoms with E-state index in [-0.39, 0.29) is 0 Å². The van der Waals surface area contributed by atoms with Gasteiger partial charge in [0.15, 0.2) is 0 Å². The average Bonchev–Trinajstić information content (AvgIpc) is 2.34. The zero-order chi connectivity index (χ0) is 6.97. The summed E-state index contributed by atoms with van der Waals surface area (Å²) in [6.45, 7) is 0. The van der Waals surface area contributed by atoms with Crippen LogP contribution in [0.5, 0.6) is 0 Å². The second kappa shape index (κ2) is 2.02. The van der Waals surface area contributed by atoms with Gasteiger partial charge in [0.05, 0.1) is 0 Å². The van der Waals surface area contributed by atoms with Crippen molar-refractivity contribution in [3.63, 3.8) is 0 Å². The lowest BCUT2D eigenvalue weighted by molar-refractivity contribution is 1.22. The van der Waals surface area contributed by atoms with Crippen LogP contribution in [0.3, 0.4) is 0 Å². The van der Waals surface area contributed by atoms with Gasteiger partial charge in [-0.3, -0.25) is 9.76 Å². The zero-order valence-corrected chi connectivity index (χ0v) is 6.06. The molecule has 2 heterocycles. The molecule has 0 aromatic carbocycles. The van der Waals surface area contributed by atoms with Crippen LogP contribution < -0.4 is 0 Å². The Balaban J connectivity index is 2.70. The topological polar surface area (TPSA) is 36.7 Å². The van der Waals surface area contributed by atoms with E-state index < -0.39 is 10.7 Å². The summed E-state index contributed by atoms with van der Waals surface area (Å²) >= 11 is 0. The normalized spacial score (nSPS) is 21.0. The molecule has 1 N–H and O–H groups in total. The van der Waals surface area contributed by atoms with Crippen LogP contribution in [0.1, 0.15) is 5.56 Å². The lowest BCUT2D eigenvalue weighted by Crippen LogP contribution is -1.82. The molecule has 0 fully saturated rings. The third-order valence-corrected chi connectivity index (χ3v) is 2.66. The molecule has 1 unspecified atom stereocenters. The van der Waals surface area contributed by atoms with E-state index in [9.17, 15) is 0 Å². The molecule has 0 spiro atoms. The molecule has 2 nitrogen and oxygen atoms in total. The van der Waals surface area contributed by atoms with Gasteiger partial charge in [0.2, 0.25) is 0 Å². The molecule has 0 saturated carbocycles. The van der Waals surface area contributed by atoms with Gasteiger partial charge in [-0.2, -0.15) is 0 Å². The average molecular weight is 150 g/mol. The van der Waals surface area contributed by atoms with Crippen LogP contribution in [0.2, 0.25) is 0 Å². The third kappa shape index (κ3) is 0.708. The summed E-state index contributed by atoms with van der Waals surface area (Å²) in [6.07, 6.45) is 5.50. The quantitative estimate of drug-likeness (QED) is 0.601. The van der Waals surface area contributed by atoms with Gasteiger partial charge in [-0.25, -0.2) is 0 Å². The van der Waals surface area contributed by atoms with Gasteiger partial charge in [0.1, 0.15) is 0 Å². The minimum Gasteiger partial charge on any atom is -0.271 e. The Morgan fingerprint density at radius 2 is 2.40 bits per heavy atom. The summed E-state index contributed by atoms with van der Waals surface area (Å²) < 4.78 is 7.51. The minimum atomic E-state index is -0.441. The summed E-state index contributed by atoms with van der Waals surface area (Å²) in [5, 5.41) is 1.90. The molecule has 0 radical (unpaired) electrons. The van der Waals surface area contributed by atoms with E-state index in [1.54, 1.807) is 12.4 Å². The van der Waals surface area contributed by atoms with Gasteiger partial charge in [-0.15, -0.1) is 0 Å². The zero-order valence-electron chi connectivity index (χ0n) is 5.24. The SMILES string of the molecule is N=S1C=Cc2ccncc21. The summed E-state index contributed by atoms with van der Waals surface area (Å²) in [5.41, 5.74) is 1.15. The fraction of sp³-hybridized carbons (Fsp3) is 0. The van der Waals surface area contributed by atoms with Crippen molar-refractivity contribution >= 4 is 16.8 Å². The number of hydrogen-bond acceptors (Lipinski definition) is 2. The molecule has 0 saturated heterocycles. The molecule has 10 heavy (non-hydrogen) atoms. The van der Waals surface area contributed by atoms with Gasteiger partial charge in [0.25, 0.3) is 0 Å². The van der Waals surface area contributed by atoms with Gasteiger partial charge in [0, 0.05) is 17.3 Å². The number of nitrogens with one attached hydrogen (secondary N) is 1. The van der Waals surface area contributed by atoms with Crippen LogP contribution >= 0.6 is 0 Å². The largest absolute Gasteiger partial charge is 0.271 e. The van der Waals surface area contributed by atoms with Crippen molar-refractivity contribution in [2.24, 2.45) is 0 Å². The fourth-order valence-electron chi connectivity index (χ4n) is 0.927. The van der Waals surface area contributed by atoms with Gasteiger partial charge < -0.3 is 0 Å². The Morgan fingerprint density at radius 1 is 1.50 bits per heavy atom. The van der Waals surface area contributed by atoms with Crippen LogP contribution in [-0.4, -0.2) is 4.98 Å². The lowest BCUT2D eigenvalue weighted by atomic mass is 10.3. The van der Waals surface area contributed by atoms with E-state index in [1.165, 1.54) is 0 Å². The summed E-state index contributed by atoms with van der Waals surface area (Å²) in [5.74, 6) is 0. The maximum atomic E-state index is 7.51.